The molecule has 2 aliphatic heterocycles. The smallest absolute Gasteiger partial charge is 0.256 e. The number of carbonyl (C=O) groups is 1. The van der Waals surface area contributed by atoms with Crippen LogP contribution in [0.4, 0.5) is 0 Å². The molecule has 0 bridgehead atoms. The van der Waals surface area contributed by atoms with Gasteiger partial charge in [-0.25, -0.2) is 0 Å². The van der Waals surface area contributed by atoms with Gasteiger partial charge in [0, 0.05) is 5.56 Å². The molecule has 0 saturated carbocycles. The van der Waals surface area contributed by atoms with E-state index in [1.165, 1.54) is 12.1 Å². The first kappa shape index (κ1) is 13.4. The van der Waals surface area contributed by atoms with Gasteiger partial charge in [-0.3, -0.25) is 4.79 Å². The van der Waals surface area contributed by atoms with Crippen molar-refractivity contribution in [1.82, 2.24) is 5.32 Å². The lowest BCUT2D eigenvalue weighted by Gasteiger charge is -2.39. The highest BCUT2D eigenvalue weighted by molar-refractivity contribution is 6.07. The van der Waals surface area contributed by atoms with Crippen LogP contribution in [0.5, 0.6) is 17.2 Å². The van der Waals surface area contributed by atoms with E-state index in [1.54, 1.807) is 0 Å². The summed E-state index contributed by atoms with van der Waals surface area (Å²) < 4.78 is 10.3. The van der Waals surface area contributed by atoms with Gasteiger partial charge in [-0.2, -0.15) is 0 Å². The van der Waals surface area contributed by atoms with Crippen LogP contribution in [-0.2, 0) is 0 Å². The number of ether oxygens (including phenoxy) is 2. The van der Waals surface area contributed by atoms with Gasteiger partial charge < -0.3 is 35.2 Å². The molecule has 4 atom stereocenters. The Morgan fingerprint density at radius 1 is 1.18 bits per heavy atom. The van der Waals surface area contributed by atoms with Crippen molar-refractivity contribution in [2.24, 2.45) is 0 Å². The topological polar surface area (TPSA) is 128 Å². The van der Waals surface area contributed by atoms with Gasteiger partial charge in [-0.1, -0.05) is 0 Å². The fourth-order valence-corrected chi connectivity index (χ4v) is 3.09. The number of phenolic OH excluding ortho intramolecular Hbond substituents is 1. The van der Waals surface area contributed by atoms with Crippen LogP contribution >= 0.6 is 0 Å². The molecule has 1 aromatic carbocycles. The summed E-state index contributed by atoms with van der Waals surface area (Å²) in [5, 5.41) is 42.4. The first-order valence-electron chi connectivity index (χ1n) is 6.71. The molecule has 1 aliphatic carbocycles. The van der Waals surface area contributed by atoms with Crippen LogP contribution in [0.1, 0.15) is 15.9 Å². The molecular formula is C14H13NO7. The maximum atomic E-state index is 12.2. The highest BCUT2D eigenvalue weighted by atomic mass is 16.7. The quantitative estimate of drug-likeness (QED) is 0.403. The predicted molar refractivity (Wildman–Crippen MR) is 71.5 cm³/mol. The molecule has 0 saturated heterocycles. The van der Waals surface area contributed by atoms with E-state index < -0.39 is 30.3 Å². The van der Waals surface area contributed by atoms with Crippen LogP contribution in [0.3, 0.4) is 0 Å². The number of rotatable bonds is 0. The Labute approximate surface area is 124 Å². The molecule has 2 heterocycles. The van der Waals surface area contributed by atoms with Crippen LogP contribution < -0.4 is 14.8 Å². The molecule has 2 unspecified atom stereocenters. The number of benzene rings is 1. The molecule has 4 rings (SSSR count). The zero-order valence-corrected chi connectivity index (χ0v) is 11.2. The van der Waals surface area contributed by atoms with E-state index >= 15 is 0 Å². The summed E-state index contributed by atoms with van der Waals surface area (Å²) in [6.45, 7) is -0.0696. The van der Waals surface area contributed by atoms with Gasteiger partial charge in [-0.05, 0) is 17.7 Å². The molecule has 0 radical (unpaired) electrons. The minimum atomic E-state index is -1.40. The van der Waals surface area contributed by atoms with Crippen molar-refractivity contribution in [3.05, 3.63) is 23.3 Å². The third-order valence-electron chi connectivity index (χ3n) is 4.19. The first-order valence-corrected chi connectivity index (χ1v) is 6.71. The number of hydrogen-bond donors (Lipinski definition) is 5. The molecule has 8 heteroatoms. The number of fused-ring (bicyclic) bond motifs is 4. The molecule has 1 aromatic rings. The third-order valence-corrected chi connectivity index (χ3v) is 4.19. The summed E-state index contributed by atoms with van der Waals surface area (Å²) >= 11 is 0. The maximum Gasteiger partial charge on any atom is 0.256 e. The molecule has 0 aromatic heterocycles. The lowest BCUT2D eigenvalue weighted by atomic mass is 9.79. The van der Waals surface area contributed by atoms with Crippen molar-refractivity contribution in [2.75, 3.05) is 6.79 Å². The Bertz CT molecular complexity index is 714. The lowest BCUT2D eigenvalue weighted by molar-refractivity contribution is -0.0535. The van der Waals surface area contributed by atoms with E-state index in [0.717, 1.165) is 0 Å². The second-order valence-corrected chi connectivity index (χ2v) is 5.43. The van der Waals surface area contributed by atoms with Crippen molar-refractivity contribution < 1.29 is 34.7 Å². The van der Waals surface area contributed by atoms with Crippen LogP contribution in [0, 0.1) is 0 Å². The van der Waals surface area contributed by atoms with Gasteiger partial charge >= 0.3 is 0 Å². The van der Waals surface area contributed by atoms with E-state index in [-0.39, 0.29) is 29.6 Å². The summed E-state index contributed by atoms with van der Waals surface area (Å²) in [5.41, 5.74) is 0.733. The zero-order chi connectivity index (χ0) is 15.6. The van der Waals surface area contributed by atoms with Crippen LogP contribution in [0.15, 0.2) is 12.1 Å². The van der Waals surface area contributed by atoms with Gasteiger partial charge in [0.2, 0.25) is 12.5 Å². The third kappa shape index (κ3) is 1.59. The van der Waals surface area contributed by atoms with Crippen LogP contribution in [-0.4, -0.2) is 57.5 Å². The summed E-state index contributed by atoms with van der Waals surface area (Å²) in [6, 6.07) is 0.643. The monoisotopic (exact) mass is 307 g/mol. The second kappa shape index (κ2) is 4.35. The number of aromatic hydroxyl groups is 1. The Kier molecular flexibility index (Phi) is 2.65. The average molecular weight is 307 g/mol. The number of amides is 1. The van der Waals surface area contributed by atoms with Crippen molar-refractivity contribution >= 4 is 11.5 Å². The van der Waals surface area contributed by atoms with Crippen molar-refractivity contribution in [1.29, 1.82) is 0 Å². The Hall–Kier alpha value is -2.29. The molecule has 116 valence electrons. The fraction of sp³-hybridized carbons (Fsp3) is 0.357. The number of carbonyl (C=O) groups excluding carboxylic acids is 1. The largest absolute Gasteiger partial charge is 0.504 e. The predicted octanol–water partition coefficient (Wildman–Crippen LogP) is -1.29. The highest BCUT2D eigenvalue weighted by Gasteiger charge is 2.44. The number of phenols is 1. The second-order valence-electron chi connectivity index (χ2n) is 5.43. The van der Waals surface area contributed by atoms with Crippen LogP contribution in [0.2, 0.25) is 0 Å². The number of aliphatic hydroxyl groups is 3. The summed E-state index contributed by atoms with van der Waals surface area (Å²) in [4.78, 5) is 12.2. The van der Waals surface area contributed by atoms with Gasteiger partial charge in [0.1, 0.15) is 18.3 Å². The summed E-state index contributed by atoms with van der Waals surface area (Å²) in [5.74, 6) is -0.585. The SMILES string of the molecule is O=C1N[C@@H]2C(=C[C@H](O)C(O)C2O)c2cc3c(c(O)c21)OCO3. The number of aliphatic hydroxyl groups excluding tert-OH is 3. The van der Waals surface area contributed by atoms with Crippen LogP contribution in [0.25, 0.3) is 5.57 Å². The van der Waals surface area contributed by atoms with E-state index in [2.05, 4.69) is 5.32 Å². The van der Waals surface area contributed by atoms with Crippen molar-refractivity contribution in [2.45, 2.75) is 24.4 Å². The molecular weight excluding hydrogens is 294 g/mol. The molecule has 8 nitrogen and oxygen atoms in total. The number of nitrogens with one attached hydrogen (secondary N) is 1. The Morgan fingerprint density at radius 3 is 2.73 bits per heavy atom. The van der Waals surface area contributed by atoms with E-state index in [9.17, 15) is 25.2 Å². The Morgan fingerprint density at radius 2 is 1.95 bits per heavy atom. The molecule has 22 heavy (non-hydrogen) atoms. The fourth-order valence-electron chi connectivity index (χ4n) is 3.09. The van der Waals surface area contributed by atoms with Gasteiger partial charge in [0.25, 0.3) is 5.91 Å². The van der Waals surface area contributed by atoms with Gasteiger partial charge in [0.05, 0.1) is 11.6 Å². The number of hydrogen-bond acceptors (Lipinski definition) is 7. The molecule has 0 fully saturated rings. The zero-order valence-electron chi connectivity index (χ0n) is 11.2. The van der Waals surface area contributed by atoms with Crippen molar-refractivity contribution in [3.63, 3.8) is 0 Å². The van der Waals surface area contributed by atoms with E-state index in [4.69, 9.17) is 9.47 Å². The van der Waals surface area contributed by atoms with E-state index in [1.807, 2.05) is 0 Å². The van der Waals surface area contributed by atoms with E-state index in [0.29, 0.717) is 11.1 Å². The maximum absolute atomic E-state index is 12.2. The summed E-state index contributed by atoms with van der Waals surface area (Å²) in [6.07, 6.45) is -2.70. The minimum Gasteiger partial charge on any atom is -0.504 e. The minimum absolute atomic E-state index is 0.0115. The van der Waals surface area contributed by atoms with Gasteiger partial charge in [0.15, 0.2) is 11.5 Å². The summed E-state index contributed by atoms with van der Waals surface area (Å²) in [7, 11) is 0. The van der Waals surface area contributed by atoms with Crippen molar-refractivity contribution in [3.8, 4) is 17.2 Å². The standard InChI is InChI=1S/C14H13NO7/c16-6-1-5-4-2-7-13(22-3-21-7)11(18)8(4)14(20)15-9(5)12(19)10(6)17/h1-2,6,9-10,12,16-19H,3H2,(H,15,20)/t6-,9+,10?,12?/m0/s1. The van der Waals surface area contributed by atoms with Gasteiger partial charge in [-0.15, -0.1) is 0 Å². The molecule has 3 aliphatic rings. The molecule has 0 spiro atoms. The highest BCUT2D eigenvalue weighted by Crippen LogP contribution is 2.48. The lowest BCUT2D eigenvalue weighted by Crippen LogP contribution is -2.57. The molecule has 5 N–H and O–H groups in total. The first-order chi connectivity index (χ1) is 10.5. The average Bonchev–Trinajstić information content (AvgIpc) is 2.95. The molecule has 1 amide bonds. The normalized spacial score (nSPS) is 32.0. The Balaban J connectivity index is 1.95.